The minimum atomic E-state index is -0.0619. The van der Waals surface area contributed by atoms with Crippen molar-refractivity contribution in [3.05, 3.63) is 65.0 Å². The lowest BCUT2D eigenvalue weighted by atomic mass is 10.2. The van der Waals surface area contributed by atoms with Crippen molar-refractivity contribution < 1.29 is 9.32 Å². The Balaban J connectivity index is 1.50. The summed E-state index contributed by atoms with van der Waals surface area (Å²) in [5.41, 5.74) is 2.51. The summed E-state index contributed by atoms with van der Waals surface area (Å²) in [6, 6.07) is 15.1. The molecule has 2 aromatic carbocycles. The van der Waals surface area contributed by atoms with Crippen LogP contribution in [0.5, 0.6) is 0 Å². The molecule has 1 aromatic heterocycles. The van der Waals surface area contributed by atoms with Crippen molar-refractivity contribution in [2.75, 3.05) is 5.32 Å². The summed E-state index contributed by atoms with van der Waals surface area (Å²) in [7, 11) is 0. The molecular formula is C19H18ClN3O2. The Bertz CT molecular complexity index is 862. The zero-order valence-corrected chi connectivity index (χ0v) is 14.6. The molecule has 3 aromatic rings. The van der Waals surface area contributed by atoms with Crippen molar-refractivity contribution in [1.82, 2.24) is 10.1 Å². The van der Waals surface area contributed by atoms with Crippen molar-refractivity contribution in [3.8, 4) is 11.4 Å². The number of hydrogen-bond donors (Lipinski definition) is 1. The molecule has 0 atom stereocenters. The molecule has 0 saturated carbocycles. The van der Waals surface area contributed by atoms with E-state index in [-0.39, 0.29) is 5.91 Å². The number of amides is 1. The molecule has 25 heavy (non-hydrogen) atoms. The third-order valence-electron chi connectivity index (χ3n) is 3.84. The highest BCUT2D eigenvalue weighted by molar-refractivity contribution is 6.31. The van der Waals surface area contributed by atoms with Crippen LogP contribution in [0.25, 0.3) is 11.4 Å². The maximum absolute atomic E-state index is 12.1. The smallest absolute Gasteiger partial charge is 0.226 e. The van der Waals surface area contributed by atoms with Crippen LogP contribution in [0.1, 0.15) is 24.3 Å². The highest BCUT2D eigenvalue weighted by Gasteiger charge is 2.10. The minimum Gasteiger partial charge on any atom is -0.339 e. The van der Waals surface area contributed by atoms with Gasteiger partial charge >= 0.3 is 0 Å². The molecule has 6 heteroatoms. The average molecular weight is 356 g/mol. The zero-order valence-electron chi connectivity index (χ0n) is 13.8. The van der Waals surface area contributed by atoms with Crippen molar-refractivity contribution in [2.24, 2.45) is 0 Å². The van der Waals surface area contributed by atoms with Crippen molar-refractivity contribution in [1.29, 1.82) is 0 Å². The quantitative estimate of drug-likeness (QED) is 0.698. The first kappa shape index (κ1) is 17.2. The Labute approximate surface area is 151 Å². The van der Waals surface area contributed by atoms with Crippen LogP contribution < -0.4 is 5.32 Å². The second-order valence-corrected chi connectivity index (χ2v) is 6.10. The zero-order chi connectivity index (χ0) is 17.6. The lowest BCUT2D eigenvalue weighted by Crippen LogP contribution is -2.12. The number of carbonyl (C=O) groups is 1. The predicted molar refractivity (Wildman–Crippen MR) is 97.5 cm³/mol. The Kier molecular flexibility index (Phi) is 5.46. The van der Waals surface area contributed by atoms with Gasteiger partial charge in [0, 0.05) is 29.1 Å². The number of carbonyl (C=O) groups excluding carboxylic acids is 1. The van der Waals surface area contributed by atoms with Gasteiger partial charge in [0.15, 0.2) is 0 Å². The van der Waals surface area contributed by atoms with E-state index in [9.17, 15) is 4.79 Å². The standard InChI is InChI=1S/C19H18ClN3O2/c1-13-15(20)9-5-10-16(13)21-17(24)11-6-12-18-22-19(23-25-18)14-7-3-2-4-8-14/h2-5,7-10H,6,11-12H2,1H3,(H,21,24). The first-order valence-corrected chi connectivity index (χ1v) is 8.44. The average Bonchev–Trinajstić information content (AvgIpc) is 3.09. The monoisotopic (exact) mass is 355 g/mol. The Morgan fingerprint density at radius 2 is 1.96 bits per heavy atom. The predicted octanol–water partition coefficient (Wildman–Crippen LogP) is 4.66. The number of anilines is 1. The van der Waals surface area contributed by atoms with E-state index in [1.165, 1.54) is 0 Å². The molecule has 1 amide bonds. The van der Waals surface area contributed by atoms with Gasteiger partial charge in [-0.2, -0.15) is 4.98 Å². The van der Waals surface area contributed by atoms with Gasteiger partial charge in [-0.05, 0) is 31.0 Å². The molecule has 0 saturated heterocycles. The van der Waals surface area contributed by atoms with E-state index >= 15 is 0 Å². The summed E-state index contributed by atoms with van der Waals surface area (Å²) in [4.78, 5) is 16.4. The van der Waals surface area contributed by atoms with Crippen LogP contribution >= 0.6 is 11.6 Å². The van der Waals surface area contributed by atoms with E-state index < -0.39 is 0 Å². The minimum absolute atomic E-state index is 0.0619. The molecule has 0 spiro atoms. The maximum Gasteiger partial charge on any atom is 0.226 e. The number of aromatic nitrogens is 2. The number of benzene rings is 2. The SMILES string of the molecule is Cc1c(Cl)cccc1NC(=O)CCCc1nc(-c2ccccc2)no1. The summed E-state index contributed by atoms with van der Waals surface area (Å²) in [5, 5.41) is 7.49. The third-order valence-corrected chi connectivity index (χ3v) is 4.25. The van der Waals surface area contributed by atoms with Crippen LogP contribution in [0.4, 0.5) is 5.69 Å². The van der Waals surface area contributed by atoms with Crippen LogP contribution in [0.2, 0.25) is 5.02 Å². The van der Waals surface area contributed by atoms with Crippen molar-refractivity contribution in [2.45, 2.75) is 26.2 Å². The van der Waals surface area contributed by atoms with Gasteiger partial charge in [0.2, 0.25) is 17.6 Å². The molecular weight excluding hydrogens is 338 g/mol. The Hall–Kier alpha value is -2.66. The lowest BCUT2D eigenvalue weighted by Gasteiger charge is -2.09. The molecule has 0 radical (unpaired) electrons. The van der Waals surface area contributed by atoms with E-state index in [1.807, 2.05) is 49.4 Å². The van der Waals surface area contributed by atoms with Crippen LogP contribution in [0.15, 0.2) is 53.1 Å². The fraction of sp³-hybridized carbons (Fsp3) is 0.211. The van der Waals surface area contributed by atoms with Crippen molar-refractivity contribution >= 4 is 23.2 Å². The number of nitrogens with zero attached hydrogens (tertiary/aromatic N) is 2. The normalized spacial score (nSPS) is 10.6. The van der Waals surface area contributed by atoms with Crippen molar-refractivity contribution in [3.63, 3.8) is 0 Å². The third kappa shape index (κ3) is 4.45. The number of aryl methyl sites for hydroxylation is 1. The maximum atomic E-state index is 12.1. The fourth-order valence-electron chi connectivity index (χ4n) is 2.42. The van der Waals surface area contributed by atoms with Gasteiger partial charge in [0.1, 0.15) is 0 Å². The van der Waals surface area contributed by atoms with Crippen LogP contribution in [-0.2, 0) is 11.2 Å². The number of rotatable bonds is 6. The van der Waals surface area contributed by atoms with Gasteiger partial charge in [-0.25, -0.2) is 0 Å². The molecule has 0 fully saturated rings. The van der Waals surface area contributed by atoms with Gasteiger partial charge in [0.25, 0.3) is 0 Å². The second kappa shape index (κ2) is 7.94. The van der Waals surface area contributed by atoms with Gasteiger partial charge in [-0.3, -0.25) is 4.79 Å². The summed E-state index contributed by atoms with van der Waals surface area (Å²) >= 11 is 6.06. The Morgan fingerprint density at radius 3 is 2.76 bits per heavy atom. The number of halogens is 1. The molecule has 5 nitrogen and oxygen atoms in total. The van der Waals surface area contributed by atoms with Gasteiger partial charge in [-0.15, -0.1) is 0 Å². The van der Waals surface area contributed by atoms with E-state index in [4.69, 9.17) is 16.1 Å². The summed E-state index contributed by atoms with van der Waals surface area (Å²) in [5.74, 6) is 1.04. The van der Waals surface area contributed by atoms with E-state index in [0.717, 1.165) is 16.8 Å². The fourth-order valence-corrected chi connectivity index (χ4v) is 2.59. The first-order chi connectivity index (χ1) is 12.1. The van der Waals surface area contributed by atoms with E-state index in [0.29, 0.717) is 36.0 Å². The topological polar surface area (TPSA) is 68.0 Å². The lowest BCUT2D eigenvalue weighted by molar-refractivity contribution is -0.116. The van der Waals surface area contributed by atoms with Crippen LogP contribution in [-0.4, -0.2) is 16.0 Å². The molecule has 0 unspecified atom stereocenters. The van der Waals surface area contributed by atoms with E-state index in [1.54, 1.807) is 6.07 Å². The van der Waals surface area contributed by atoms with Crippen LogP contribution in [0, 0.1) is 6.92 Å². The molecule has 0 aliphatic rings. The number of nitrogens with one attached hydrogen (secondary N) is 1. The molecule has 0 bridgehead atoms. The van der Waals surface area contributed by atoms with E-state index in [2.05, 4.69) is 15.5 Å². The molecule has 128 valence electrons. The highest BCUT2D eigenvalue weighted by Crippen LogP contribution is 2.23. The highest BCUT2D eigenvalue weighted by atomic mass is 35.5. The molecule has 0 aliphatic heterocycles. The van der Waals surface area contributed by atoms with Gasteiger partial charge in [-0.1, -0.05) is 53.2 Å². The summed E-state index contributed by atoms with van der Waals surface area (Å²) in [6.45, 7) is 1.88. The molecule has 3 rings (SSSR count). The molecule has 0 aliphatic carbocycles. The van der Waals surface area contributed by atoms with Gasteiger partial charge in [0.05, 0.1) is 0 Å². The summed E-state index contributed by atoms with van der Waals surface area (Å²) in [6.07, 6.45) is 1.55. The second-order valence-electron chi connectivity index (χ2n) is 5.69. The molecule has 1 heterocycles. The first-order valence-electron chi connectivity index (χ1n) is 8.06. The molecule has 1 N–H and O–H groups in total. The van der Waals surface area contributed by atoms with Gasteiger partial charge < -0.3 is 9.84 Å². The van der Waals surface area contributed by atoms with Crippen LogP contribution in [0.3, 0.4) is 0 Å². The summed E-state index contributed by atoms with van der Waals surface area (Å²) < 4.78 is 5.24. The largest absolute Gasteiger partial charge is 0.339 e. The Morgan fingerprint density at radius 1 is 1.16 bits per heavy atom. The number of hydrogen-bond acceptors (Lipinski definition) is 4.